The molecule has 2 aromatic rings. The number of nitrogens with two attached hydrogens (primary N) is 1. The molecule has 0 aromatic heterocycles. The van der Waals surface area contributed by atoms with Gasteiger partial charge in [-0.15, -0.1) is 24.2 Å². The van der Waals surface area contributed by atoms with Crippen LogP contribution in [0.1, 0.15) is 31.4 Å². The van der Waals surface area contributed by atoms with Gasteiger partial charge in [0.25, 0.3) is 5.91 Å². The van der Waals surface area contributed by atoms with Gasteiger partial charge in [-0.1, -0.05) is 35.8 Å². The fourth-order valence-corrected chi connectivity index (χ4v) is 5.78. The summed E-state index contributed by atoms with van der Waals surface area (Å²) in [6.45, 7) is 4.23. The van der Waals surface area contributed by atoms with Crippen LogP contribution in [0.2, 0.25) is 0 Å². The molecule has 1 aliphatic rings. The van der Waals surface area contributed by atoms with E-state index in [4.69, 9.17) is 10.5 Å². The van der Waals surface area contributed by atoms with Crippen LogP contribution in [0.25, 0.3) is 0 Å². The van der Waals surface area contributed by atoms with Crippen LogP contribution in [0.15, 0.2) is 34.8 Å². The molecule has 3 rings (SSSR count). The van der Waals surface area contributed by atoms with E-state index in [0.717, 1.165) is 16.1 Å². The van der Waals surface area contributed by atoms with Gasteiger partial charge in [-0.05, 0) is 41.7 Å². The molecule has 1 fully saturated rings. The number of methoxy groups -OCH3 is 1. The number of halogens is 5. The number of rotatable bonds is 11. The van der Waals surface area contributed by atoms with Gasteiger partial charge < -0.3 is 26.0 Å². The van der Waals surface area contributed by atoms with E-state index >= 15 is 0 Å². The second-order valence-corrected chi connectivity index (χ2v) is 11.8. The van der Waals surface area contributed by atoms with E-state index in [1.165, 1.54) is 23.8 Å². The molecular formula is C27H33BrClF3N4O4S. The van der Waals surface area contributed by atoms with Gasteiger partial charge >= 0.3 is 5.97 Å². The molecular weight excluding hydrogens is 649 g/mol. The average Bonchev–Trinajstić information content (AvgIpc) is 3.39. The number of amides is 2. The molecule has 1 saturated heterocycles. The Bertz CT molecular complexity index is 1260. The molecule has 0 saturated carbocycles. The van der Waals surface area contributed by atoms with Gasteiger partial charge in [0.05, 0.1) is 7.11 Å². The highest BCUT2D eigenvalue weighted by Gasteiger charge is 2.35. The molecule has 2 aromatic carbocycles. The second kappa shape index (κ2) is 15.7. The van der Waals surface area contributed by atoms with Crippen molar-refractivity contribution in [3.05, 3.63) is 63.4 Å². The fourth-order valence-electron chi connectivity index (χ4n) is 4.26. The quantitative estimate of drug-likeness (QED) is 0.239. The summed E-state index contributed by atoms with van der Waals surface area (Å²) < 4.78 is 46.4. The lowest BCUT2D eigenvalue weighted by Crippen LogP contribution is -2.46. The van der Waals surface area contributed by atoms with Crippen LogP contribution in [-0.2, 0) is 32.1 Å². The number of hydrogen-bond donors (Lipinski definition) is 3. The number of esters is 1. The van der Waals surface area contributed by atoms with E-state index in [9.17, 15) is 27.6 Å². The minimum atomic E-state index is -1.30. The molecule has 3 atom stereocenters. The van der Waals surface area contributed by atoms with Gasteiger partial charge in [0.1, 0.15) is 11.9 Å². The molecule has 0 bridgehead atoms. The normalized spacial score (nSPS) is 16.1. The second-order valence-electron chi connectivity index (χ2n) is 9.74. The predicted molar refractivity (Wildman–Crippen MR) is 158 cm³/mol. The van der Waals surface area contributed by atoms with E-state index in [0.29, 0.717) is 24.1 Å². The molecule has 1 aliphatic heterocycles. The van der Waals surface area contributed by atoms with Gasteiger partial charge in [-0.3, -0.25) is 9.59 Å². The minimum Gasteiger partial charge on any atom is -0.467 e. The van der Waals surface area contributed by atoms with Crippen LogP contribution in [0.5, 0.6) is 0 Å². The molecule has 4 N–H and O–H groups in total. The monoisotopic (exact) mass is 680 g/mol. The van der Waals surface area contributed by atoms with Crippen LogP contribution in [0, 0.1) is 23.4 Å². The first-order valence-corrected chi connectivity index (χ1v) is 14.5. The van der Waals surface area contributed by atoms with Crippen molar-refractivity contribution in [1.82, 2.24) is 10.2 Å². The highest BCUT2D eigenvalue weighted by atomic mass is 79.9. The number of carbonyl (C=O) groups excluding carboxylic acids is 3. The Labute approximate surface area is 255 Å². The summed E-state index contributed by atoms with van der Waals surface area (Å²) >= 11 is 4.73. The Morgan fingerprint density at radius 2 is 1.80 bits per heavy atom. The fraction of sp³-hybridized carbons (Fsp3) is 0.444. The van der Waals surface area contributed by atoms with Crippen molar-refractivity contribution in [3.8, 4) is 0 Å². The van der Waals surface area contributed by atoms with Gasteiger partial charge in [-0.2, -0.15) is 0 Å². The number of ether oxygens (including phenoxy) is 1. The van der Waals surface area contributed by atoms with E-state index in [1.54, 1.807) is 6.07 Å². The summed E-state index contributed by atoms with van der Waals surface area (Å²) in [7, 11) is 1.32. The molecule has 1 unspecified atom stereocenters. The molecule has 2 amide bonds. The summed E-state index contributed by atoms with van der Waals surface area (Å²) in [5, 5.41) is 5.27. The van der Waals surface area contributed by atoms with Gasteiger partial charge in [0.2, 0.25) is 5.91 Å². The summed E-state index contributed by atoms with van der Waals surface area (Å²) in [5.41, 5.74) is 7.26. The topological polar surface area (TPSA) is 114 Å². The maximum atomic E-state index is 14.0. The van der Waals surface area contributed by atoms with Gasteiger partial charge in [0.15, 0.2) is 17.0 Å². The molecule has 0 radical (unpaired) electrons. The summed E-state index contributed by atoms with van der Waals surface area (Å²) in [4.78, 5) is 39.7. The van der Waals surface area contributed by atoms with Crippen LogP contribution < -0.4 is 16.4 Å². The van der Waals surface area contributed by atoms with Gasteiger partial charge in [-0.25, -0.2) is 18.0 Å². The number of benzene rings is 2. The zero-order valence-electron chi connectivity index (χ0n) is 22.7. The van der Waals surface area contributed by atoms with Crippen molar-refractivity contribution >= 4 is 63.6 Å². The Morgan fingerprint density at radius 1 is 1.12 bits per heavy atom. The number of hydrogen-bond acceptors (Lipinski definition) is 7. The van der Waals surface area contributed by atoms with Gasteiger partial charge in [0, 0.05) is 47.5 Å². The van der Waals surface area contributed by atoms with Crippen molar-refractivity contribution in [1.29, 1.82) is 0 Å². The van der Waals surface area contributed by atoms with Crippen LogP contribution in [0.3, 0.4) is 0 Å². The van der Waals surface area contributed by atoms with E-state index in [2.05, 4.69) is 26.6 Å². The highest BCUT2D eigenvalue weighted by Crippen LogP contribution is 2.27. The Morgan fingerprint density at radius 3 is 2.46 bits per heavy atom. The first-order valence-electron chi connectivity index (χ1n) is 12.6. The molecule has 14 heteroatoms. The third kappa shape index (κ3) is 9.25. The first kappa shape index (κ1) is 34.7. The van der Waals surface area contributed by atoms with Crippen molar-refractivity contribution < 1.29 is 32.3 Å². The number of carbonyl (C=O) groups is 3. The van der Waals surface area contributed by atoms with E-state index in [-0.39, 0.29) is 49.2 Å². The van der Waals surface area contributed by atoms with E-state index < -0.39 is 46.8 Å². The third-order valence-corrected chi connectivity index (χ3v) is 8.10. The maximum Gasteiger partial charge on any atom is 0.328 e. The predicted octanol–water partition coefficient (Wildman–Crippen LogP) is 4.38. The van der Waals surface area contributed by atoms with Crippen LogP contribution >= 0.6 is 40.1 Å². The lowest BCUT2D eigenvalue weighted by atomic mass is 10.0. The number of nitrogens with one attached hydrogen (secondary N) is 2. The molecule has 0 spiro atoms. The lowest BCUT2D eigenvalue weighted by Gasteiger charge is -2.25. The number of nitrogens with zero attached hydrogens (tertiary/aromatic N) is 1. The number of thioether (sulfide) groups is 1. The largest absolute Gasteiger partial charge is 0.467 e. The summed E-state index contributed by atoms with van der Waals surface area (Å²) in [6, 6.07) is 5.14. The standard InChI is InChI=1S/C27H32BrF3N4O4S.ClH/c1-14(2)24(27(38)39-3)34-22-10-17(28)5-4-15(22)13-33-25(37)26-35(6-7-40-26)23(36)11-18(32)8-16-9-20(30)21(31)12-19(16)29;/h4-5,9-10,12,14,18,24,26,34H,6-8,11,13,32H2,1-3H3,(H,33,37);1H/t18-,24?,26+;/m1./s1. The summed E-state index contributed by atoms with van der Waals surface area (Å²) in [6.07, 6.45) is -0.372. The number of anilines is 1. The summed E-state index contributed by atoms with van der Waals surface area (Å²) in [5.74, 6) is -4.15. The van der Waals surface area contributed by atoms with Crippen molar-refractivity contribution in [2.45, 2.75) is 50.7 Å². The maximum absolute atomic E-state index is 14.0. The highest BCUT2D eigenvalue weighted by molar-refractivity contribution is 9.10. The van der Waals surface area contributed by atoms with E-state index in [1.807, 2.05) is 26.0 Å². The smallest absolute Gasteiger partial charge is 0.328 e. The van der Waals surface area contributed by atoms with Crippen molar-refractivity contribution in [2.75, 3.05) is 24.7 Å². The molecule has 41 heavy (non-hydrogen) atoms. The SMILES string of the molecule is COC(=O)C(Nc1cc(Br)ccc1CNC(=O)[C@@H]1SCCN1C(=O)C[C@H](N)Cc1cc(F)c(F)cc1F)C(C)C.Cl. The molecule has 1 heterocycles. The molecule has 8 nitrogen and oxygen atoms in total. The molecule has 0 aliphatic carbocycles. The van der Waals surface area contributed by atoms with Crippen LogP contribution in [-0.4, -0.2) is 59.5 Å². The zero-order chi connectivity index (χ0) is 29.6. The van der Waals surface area contributed by atoms with Crippen molar-refractivity contribution in [2.24, 2.45) is 11.7 Å². The lowest BCUT2D eigenvalue weighted by molar-refractivity contribution is -0.142. The third-order valence-electron chi connectivity index (χ3n) is 6.40. The average molecular weight is 682 g/mol. The Kier molecular flexibility index (Phi) is 13.3. The Hall–Kier alpha value is -2.48. The minimum absolute atomic E-state index is 0. The molecule has 226 valence electrons. The van der Waals surface area contributed by atoms with Crippen molar-refractivity contribution in [3.63, 3.8) is 0 Å². The Balaban J connectivity index is 0.00000588. The zero-order valence-corrected chi connectivity index (χ0v) is 25.9. The van der Waals surface area contributed by atoms with Crippen LogP contribution in [0.4, 0.5) is 18.9 Å². The first-order chi connectivity index (χ1) is 18.9.